The molecule has 0 atom stereocenters. The summed E-state index contributed by atoms with van der Waals surface area (Å²) in [6, 6.07) is 23.5. The summed E-state index contributed by atoms with van der Waals surface area (Å²) in [6.45, 7) is 4.47. The Morgan fingerprint density at radius 3 is 2.38 bits per heavy atom. The molecule has 0 saturated heterocycles. The molecule has 9 heteroatoms. The number of benzene rings is 3. The second-order valence-electron chi connectivity index (χ2n) is 8.09. The van der Waals surface area contributed by atoms with Crippen LogP contribution in [-0.2, 0) is 16.4 Å². The molecule has 0 aliphatic heterocycles. The number of fused-ring (bicyclic) bond motifs is 3. The van der Waals surface area contributed by atoms with E-state index < -0.39 is 9.84 Å². The van der Waals surface area contributed by atoms with Crippen molar-refractivity contribution in [1.82, 2.24) is 19.8 Å². The molecule has 172 valence electrons. The van der Waals surface area contributed by atoms with Gasteiger partial charge in [0.05, 0.1) is 16.5 Å². The highest BCUT2D eigenvalue weighted by molar-refractivity contribution is 7.91. The second-order valence-corrected chi connectivity index (χ2v) is 9.95. The number of rotatable bonds is 7. The zero-order valence-electron chi connectivity index (χ0n) is 18.7. The van der Waals surface area contributed by atoms with Gasteiger partial charge in [-0.15, -0.1) is 5.10 Å². The van der Waals surface area contributed by atoms with E-state index in [1.807, 2.05) is 62.4 Å². The van der Waals surface area contributed by atoms with Gasteiger partial charge in [-0.3, -0.25) is 0 Å². The monoisotopic (exact) mass is 473 g/mol. The van der Waals surface area contributed by atoms with Crippen LogP contribution in [0.15, 0.2) is 88.8 Å². The molecule has 8 nitrogen and oxygen atoms in total. The highest BCUT2D eigenvalue weighted by atomic mass is 32.2. The first-order valence-corrected chi connectivity index (χ1v) is 12.4. The molecule has 0 aliphatic rings. The van der Waals surface area contributed by atoms with Crippen molar-refractivity contribution in [2.75, 3.05) is 5.32 Å². The fourth-order valence-corrected chi connectivity index (χ4v) is 4.96. The van der Waals surface area contributed by atoms with Gasteiger partial charge in [0.2, 0.25) is 14.9 Å². The number of nitrogens with zero attached hydrogens (tertiary/aromatic N) is 4. The Bertz CT molecular complexity index is 1560. The van der Waals surface area contributed by atoms with E-state index in [4.69, 9.17) is 4.74 Å². The van der Waals surface area contributed by atoms with Crippen LogP contribution in [0.3, 0.4) is 0 Å². The Balaban J connectivity index is 1.54. The molecule has 5 rings (SSSR count). The highest BCUT2D eigenvalue weighted by Gasteiger charge is 2.26. The standard InChI is InChI=1S/C25H23N5O3S/c1-17(2)33-19-14-12-18(13-15-19)16-26-23-21-10-6-7-11-22(21)30-24(27-23)25(28-29-30)34(31,32)20-8-4-3-5-9-20/h3-15,17H,16H2,1-2H3,(H,26,27). The molecule has 1 N–H and O–H groups in total. The van der Waals surface area contributed by atoms with Crippen molar-refractivity contribution >= 4 is 32.2 Å². The van der Waals surface area contributed by atoms with Crippen molar-refractivity contribution in [3.8, 4) is 5.75 Å². The number of hydrogen-bond donors (Lipinski definition) is 1. The maximum absolute atomic E-state index is 13.3. The Morgan fingerprint density at radius 1 is 0.941 bits per heavy atom. The Labute approximate surface area is 197 Å². The maximum atomic E-state index is 13.3. The maximum Gasteiger partial charge on any atom is 0.229 e. The van der Waals surface area contributed by atoms with Gasteiger partial charge in [0.1, 0.15) is 11.6 Å². The van der Waals surface area contributed by atoms with Crippen molar-refractivity contribution in [1.29, 1.82) is 0 Å². The molecule has 0 saturated carbocycles. The minimum absolute atomic E-state index is 0.108. The molecule has 0 radical (unpaired) electrons. The molecular formula is C25H23N5O3S. The van der Waals surface area contributed by atoms with E-state index in [9.17, 15) is 8.42 Å². The van der Waals surface area contributed by atoms with Crippen molar-refractivity contribution in [3.63, 3.8) is 0 Å². The second kappa shape index (κ2) is 8.75. The first kappa shape index (κ1) is 21.8. The quantitative estimate of drug-likeness (QED) is 0.371. The van der Waals surface area contributed by atoms with Crippen LogP contribution in [0.2, 0.25) is 0 Å². The van der Waals surface area contributed by atoms with Gasteiger partial charge < -0.3 is 10.1 Å². The average molecular weight is 474 g/mol. The molecule has 0 spiro atoms. The lowest BCUT2D eigenvalue weighted by Gasteiger charge is -2.12. The Hall–Kier alpha value is -3.98. The van der Waals surface area contributed by atoms with Gasteiger partial charge in [0.25, 0.3) is 0 Å². The zero-order chi connectivity index (χ0) is 23.7. The molecule has 34 heavy (non-hydrogen) atoms. The van der Waals surface area contributed by atoms with Crippen LogP contribution < -0.4 is 10.1 Å². The lowest BCUT2D eigenvalue weighted by molar-refractivity contribution is 0.242. The van der Waals surface area contributed by atoms with E-state index in [-0.39, 0.29) is 21.7 Å². The number of aromatic nitrogens is 4. The first-order chi connectivity index (χ1) is 16.4. The van der Waals surface area contributed by atoms with Gasteiger partial charge in [-0.25, -0.2) is 13.4 Å². The van der Waals surface area contributed by atoms with E-state index in [1.165, 1.54) is 16.6 Å². The SMILES string of the molecule is CC(C)Oc1ccc(CNc2nc3c(S(=O)(=O)c4ccccc4)nnn3c3ccccc23)cc1. The predicted molar refractivity (Wildman–Crippen MR) is 130 cm³/mol. The van der Waals surface area contributed by atoms with Gasteiger partial charge in [0.15, 0.2) is 5.65 Å². The predicted octanol–water partition coefficient (Wildman–Crippen LogP) is 4.51. The number of ether oxygens (including phenoxy) is 1. The summed E-state index contributed by atoms with van der Waals surface area (Å²) in [7, 11) is -3.89. The first-order valence-electron chi connectivity index (χ1n) is 10.9. The molecule has 0 aliphatic carbocycles. The highest BCUT2D eigenvalue weighted by Crippen LogP contribution is 2.28. The van der Waals surface area contributed by atoms with Gasteiger partial charge >= 0.3 is 0 Å². The van der Waals surface area contributed by atoms with Crippen LogP contribution >= 0.6 is 0 Å². The summed E-state index contributed by atoms with van der Waals surface area (Å²) >= 11 is 0. The molecule has 0 bridgehead atoms. The third-order valence-corrected chi connectivity index (χ3v) is 6.95. The largest absolute Gasteiger partial charge is 0.491 e. The normalized spacial score (nSPS) is 11.9. The summed E-state index contributed by atoms with van der Waals surface area (Å²) in [5, 5.41) is 12.1. The van der Waals surface area contributed by atoms with Crippen LogP contribution in [0, 0.1) is 0 Å². The van der Waals surface area contributed by atoms with E-state index in [0.717, 1.165) is 16.7 Å². The van der Waals surface area contributed by atoms with Crippen molar-refractivity contribution in [3.05, 3.63) is 84.4 Å². The molecule has 3 aromatic carbocycles. The van der Waals surface area contributed by atoms with Crippen molar-refractivity contribution in [2.45, 2.75) is 36.4 Å². The number of nitrogens with one attached hydrogen (secondary N) is 1. The molecule has 2 aromatic heterocycles. The summed E-state index contributed by atoms with van der Waals surface area (Å²) in [6.07, 6.45) is 0.108. The third-order valence-electron chi connectivity index (χ3n) is 5.29. The number of sulfone groups is 1. The fourth-order valence-electron chi connectivity index (χ4n) is 3.71. The summed E-state index contributed by atoms with van der Waals surface area (Å²) in [5.74, 6) is 1.36. The molecular weight excluding hydrogens is 450 g/mol. The van der Waals surface area contributed by atoms with E-state index in [1.54, 1.807) is 18.2 Å². The average Bonchev–Trinajstić information content (AvgIpc) is 3.29. The number of para-hydroxylation sites is 1. The summed E-state index contributed by atoms with van der Waals surface area (Å²) in [5.41, 5.74) is 1.91. The zero-order valence-corrected chi connectivity index (χ0v) is 19.5. The van der Waals surface area contributed by atoms with Crippen LogP contribution in [0.4, 0.5) is 5.82 Å². The minimum Gasteiger partial charge on any atom is -0.491 e. The van der Waals surface area contributed by atoms with Gasteiger partial charge in [0, 0.05) is 11.9 Å². The van der Waals surface area contributed by atoms with Crippen molar-refractivity contribution < 1.29 is 13.2 Å². The van der Waals surface area contributed by atoms with Crippen molar-refractivity contribution in [2.24, 2.45) is 0 Å². The number of hydrogen-bond acceptors (Lipinski definition) is 7. The summed E-state index contributed by atoms with van der Waals surface area (Å²) < 4.78 is 33.7. The molecule has 5 aromatic rings. The summed E-state index contributed by atoms with van der Waals surface area (Å²) in [4.78, 5) is 4.79. The van der Waals surface area contributed by atoms with Gasteiger partial charge in [-0.2, -0.15) is 4.52 Å². The topological polar surface area (TPSA) is 98.5 Å². The van der Waals surface area contributed by atoms with Gasteiger partial charge in [-0.1, -0.05) is 47.7 Å². The Kier molecular flexibility index (Phi) is 5.62. The van der Waals surface area contributed by atoms with Crippen LogP contribution in [0.5, 0.6) is 5.75 Å². The van der Waals surface area contributed by atoms with E-state index >= 15 is 0 Å². The third kappa shape index (κ3) is 4.06. The van der Waals surface area contributed by atoms with Crippen LogP contribution in [0.1, 0.15) is 19.4 Å². The molecule has 0 fully saturated rings. The van der Waals surface area contributed by atoms with E-state index in [0.29, 0.717) is 17.9 Å². The lowest BCUT2D eigenvalue weighted by Crippen LogP contribution is -2.08. The smallest absolute Gasteiger partial charge is 0.229 e. The van der Waals surface area contributed by atoms with Crippen LogP contribution in [0.25, 0.3) is 16.6 Å². The lowest BCUT2D eigenvalue weighted by atomic mass is 10.2. The van der Waals surface area contributed by atoms with E-state index in [2.05, 4.69) is 20.6 Å². The van der Waals surface area contributed by atoms with Gasteiger partial charge in [-0.05, 0) is 55.8 Å². The molecule has 0 unspecified atom stereocenters. The Morgan fingerprint density at radius 2 is 1.65 bits per heavy atom. The number of anilines is 1. The fraction of sp³-hybridized carbons (Fsp3) is 0.160. The minimum atomic E-state index is -3.89. The molecule has 2 heterocycles. The molecule has 0 amide bonds. The van der Waals surface area contributed by atoms with Crippen LogP contribution in [-0.4, -0.2) is 34.3 Å².